The van der Waals surface area contributed by atoms with Crippen LogP contribution in [-0.2, 0) is 4.57 Å². The standard InChI is InChI=1S/C12H26.H3O4P/c1-3-5-7-9-11-12-10-8-6-4-2;1-5(2,3)4/h3-12H2,1-2H3;(H3,1,2,3,4). The lowest BCUT2D eigenvalue weighted by Gasteiger charge is -1.99. The molecule has 0 unspecified atom stereocenters. The fraction of sp³-hybridized carbons (Fsp3) is 1.00. The maximum atomic E-state index is 8.88. The van der Waals surface area contributed by atoms with E-state index in [0.29, 0.717) is 0 Å². The van der Waals surface area contributed by atoms with Crippen LogP contribution >= 0.6 is 7.82 Å². The van der Waals surface area contributed by atoms with E-state index in [2.05, 4.69) is 13.8 Å². The van der Waals surface area contributed by atoms with Gasteiger partial charge in [0.25, 0.3) is 0 Å². The van der Waals surface area contributed by atoms with E-state index in [9.17, 15) is 0 Å². The first kappa shape index (κ1) is 19.4. The van der Waals surface area contributed by atoms with Crippen LogP contribution in [0.1, 0.15) is 78.1 Å². The first-order valence-electron chi connectivity index (χ1n) is 6.70. The molecule has 0 aliphatic rings. The third-order valence-electron chi connectivity index (χ3n) is 2.46. The van der Waals surface area contributed by atoms with Crippen molar-refractivity contribution in [2.45, 2.75) is 78.1 Å². The lowest BCUT2D eigenvalue weighted by Crippen LogP contribution is -1.80. The van der Waals surface area contributed by atoms with Gasteiger partial charge >= 0.3 is 7.82 Å². The molecule has 0 atom stereocenters. The van der Waals surface area contributed by atoms with Crippen LogP contribution in [0, 0.1) is 0 Å². The SMILES string of the molecule is CCCCCCCCCCCC.O=P(O)(O)O. The molecule has 0 bridgehead atoms. The summed E-state index contributed by atoms with van der Waals surface area (Å²) in [4.78, 5) is 21.6. The molecule has 0 radical (unpaired) electrons. The number of rotatable bonds is 9. The first-order chi connectivity index (χ1) is 7.91. The third-order valence-corrected chi connectivity index (χ3v) is 2.46. The molecule has 0 fully saturated rings. The smallest absolute Gasteiger partial charge is 0.303 e. The minimum atomic E-state index is -4.64. The third kappa shape index (κ3) is 38.6. The molecule has 0 saturated carbocycles. The lowest BCUT2D eigenvalue weighted by molar-refractivity contribution is 0.275. The van der Waals surface area contributed by atoms with Crippen molar-refractivity contribution in [2.24, 2.45) is 0 Å². The van der Waals surface area contributed by atoms with Gasteiger partial charge in [-0.15, -0.1) is 0 Å². The molecule has 106 valence electrons. The Kier molecular flexibility index (Phi) is 16.2. The zero-order chi connectivity index (χ0) is 13.6. The van der Waals surface area contributed by atoms with E-state index in [1.807, 2.05) is 0 Å². The predicted molar refractivity (Wildman–Crippen MR) is 71.8 cm³/mol. The lowest BCUT2D eigenvalue weighted by atomic mass is 10.1. The molecule has 0 rings (SSSR count). The minimum Gasteiger partial charge on any atom is -0.303 e. The minimum absolute atomic E-state index is 1.37. The monoisotopic (exact) mass is 268 g/mol. The fourth-order valence-corrected chi connectivity index (χ4v) is 1.56. The second-order valence-electron chi connectivity index (χ2n) is 4.34. The molecule has 5 heteroatoms. The number of hydrogen-bond acceptors (Lipinski definition) is 1. The van der Waals surface area contributed by atoms with Crippen LogP contribution in [0.15, 0.2) is 0 Å². The van der Waals surface area contributed by atoms with E-state index in [1.165, 1.54) is 64.2 Å². The van der Waals surface area contributed by atoms with Gasteiger partial charge < -0.3 is 14.7 Å². The zero-order valence-electron chi connectivity index (χ0n) is 11.3. The Balaban J connectivity index is 0. The van der Waals surface area contributed by atoms with Gasteiger partial charge in [-0.25, -0.2) is 4.57 Å². The molecular weight excluding hydrogens is 239 g/mol. The average Bonchev–Trinajstić information content (AvgIpc) is 2.20. The second-order valence-corrected chi connectivity index (χ2v) is 5.37. The van der Waals surface area contributed by atoms with Crippen LogP contribution in [-0.4, -0.2) is 14.7 Å². The molecule has 4 nitrogen and oxygen atoms in total. The van der Waals surface area contributed by atoms with E-state index in [4.69, 9.17) is 19.2 Å². The van der Waals surface area contributed by atoms with Gasteiger partial charge in [0.15, 0.2) is 0 Å². The van der Waals surface area contributed by atoms with Crippen molar-refractivity contribution in [1.29, 1.82) is 0 Å². The molecule has 0 aromatic rings. The zero-order valence-corrected chi connectivity index (χ0v) is 12.2. The van der Waals surface area contributed by atoms with Gasteiger partial charge in [-0.2, -0.15) is 0 Å². The molecule has 3 N–H and O–H groups in total. The van der Waals surface area contributed by atoms with Gasteiger partial charge in [0.05, 0.1) is 0 Å². The molecular formula is C12H29O4P. The van der Waals surface area contributed by atoms with Crippen molar-refractivity contribution in [1.82, 2.24) is 0 Å². The molecule has 0 aliphatic heterocycles. The normalized spacial score (nSPS) is 10.9. The van der Waals surface area contributed by atoms with Crippen molar-refractivity contribution >= 4 is 7.82 Å². The number of phosphoric acid groups is 1. The summed E-state index contributed by atoms with van der Waals surface area (Å²) in [6.45, 7) is 4.56. The van der Waals surface area contributed by atoms with Gasteiger partial charge in [0.2, 0.25) is 0 Å². The molecule has 0 aliphatic carbocycles. The highest BCUT2D eigenvalue weighted by Gasteiger charge is 2.00. The summed E-state index contributed by atoms with van der Waals surface area (Å²) in [6, 6.07) is 0. The summed E-state index contributed by atoms with van der Waals surface area (Å²) in [7, 11) is -4.64. The maximum absolute atomic E-state index is 8.88. The van der Waals surface area contributed by atoms with Crippen LogP contribution in [0.5, 0.6) is 0 Å². The Hall–Kier alpha value is 0.110. The summed E-state index contributed by atoms with van der Waals surface area (Å²) in [5.41, 5.74) is 0. The maximum Gasteiger partial charge on any atom is 0.466 e. The topological polar surface area (TPSA) is 77.8 Å². The summed E-state index contributed by atoms with van der Waals surface area (Å²) < 4.78 is 8.88. The van der Waals surface area contributed by atoms with Gasteiger partial charge in [-0.3, -0.25) is 0 Å². The van der Waals surface area contributed by atoms with Crippen molar-refractivity contribution < 1.29 is 19.2 Å². The predicted octanol–water partition coefficient (Wildman–Crippen LogP) is 4.00. The van der Waals surface area contributed by atoms with Crippen molar-refractivity contribution in [2.75, 3.05) is 0 Å². The summed E-state index contributed by atoms with van der Waals surface area (Å²) in [5, 5.41) is 0. The second kappa shape index (κ2) is 14.2. The van der Waals surface area contributed by atoms with Crippen molar-refractivity contribution in [3.8, 4) is 0 Å². The number of unbranched alkanes of at least 4 members (excludes halogenated alkanes) is 9. The van der Waals surface area contributed by atoms with E-state index in [0.717, 1.165) is 0 Å². The highest BCUT2D eigenvalue weighted by molar-refractivity contribution is 7.45. The van der Waals surface area contributed by atoms with Crippen LogP contribution in [0.25, 0.3) is 0 Å². The molecule has 0 heterocycles. The van der Waals surface area contributed by atoms with Crippen LogP contribution in [0.4, 0.5) is 0 Å². The summed E-state index contributed by atoms with van der Waals surface area (Å²) in [6.07, 6.45) is 14.4. The molecule has 0 amide bonds. The Labute approximate surface area is 106 Å². The van der Waals surface area contributed by atoms with E-state index in [1.54, 1.807) is 0 Å². The molecule has 0 aromatic carbocycles. The van der Waals surface area contributed by atoms with Gasteiger partial charge in [-0.1, -0.05) is 78.1 Å². The van der Waals surface area contributed by atoms with Gasteiger partial charge in [0.1, 0.15) is 0 Å². The summed E-state index contributed by atoms with van der Waals surface area (Å²) in [5.74, 6) is 0. The Bertz CT molecular complexity index is 161. The van der Waals surface area contributed by atoms with Gasteiger partial charge in [0, 0.05) is 0 Å². The van der Waals surface area contributed by atoms with Crippen LogP contribution in [0.3, 0.4) is 0 Å². The molecule has 0 aromatic heterocycles. The van der Waals surface area contributed by atoms with Crippen LogP contribution in [0.2, 0.25) is 0 Å². The van der Waals surface area contributed by atoms with E-state index >= 15 is 0 Å². The van der Waals surface area contributed by atoms with Gasteiger partial charge in [-0.05, 0) is 0 Å². The van der Waals surface area contributed by atoms with E-state index in [-0.39, 0.29) is 0 Å². The Morgan fingerprint density at radius 1 is 0.647 bits per heavy atom. The quantitative estimate of drug-likeness (QED) is 0.436. The number of hydrogen-bond donors (Lipinski definition) is 3. The highest BCUT2D eigenvalue weighted by Crippen LogP contribution is 2.25. The first-order valence-corrected chi connectivity index (χ1v) is 8.26. The largest absolute Gasteiger partial charge is 0.466 e. The molecule has 17 heavy (non-hydrogen) atoms. The highest BCUT2D eigenvalue weighted by atomic mass is 31.2. The molecule has 0 spiro atoms. The molecule has 0 saturated heterocycles. The Morgan fingerprint density at radius 2 is 0.824 bits per heavy atom. The summed E-state index contributed by atoms with van der Waals surface area (Å²) >= 11 is 0. The van der Waals surface area contributed by atoms with Crippen molar-refractivity contribution in [3.05, 3.63) is 0 Å². The fourth-order valence-electron chi connectivity index (χ4n) is 1.56. The average molecular weight is 268 g/mol. The van der Waals surface area contributed by atoms with E-state index < -0.39 is 7.82 Å². The Morgan fingerprint density at radius 3 is 1.00 bits per heavy atom. The van der Waals surface area contributed by atoms with Crippen molar-refractivity contribution in [3.63, 3.8) is 0 Å². The van der Waals surface area contributed by atoms with Crippen LogP contribution < -0.4 is 0 Å².